The van der Waals surface area contributed by atoms with Gasteiger partial charge in [0, 0.05) is 37.0 Å². The lowest BCUT2D eigenvalue weighted by Crippen LogP contribution is -2.49. The Morgan fingerprint density at radius 3 is 2.67 bits per heavy atom. The van der Waals surface area contributed by atoms with Gasteiger partial charge in [-0.1, -0.05) is 5.16 Å². The number of nitrogens with zero attached hydrogens (tertiary/aromatic N) is 3. The number of aryl methyl sites for hydroxylation is 2. The van der Waals surface area contributed by atoms with Crippen molar-refractivity contribution in [3.05, 3.63) is 17.0 Å². The highest BCUT2D eigenvalue weighted by atomic mass is 35.5. The number of amides is 2. The smallest absolute Gasteiger partial charge is 0.239 e. The van der Waals surface area contributed by atoms with E-state index in [1.807, 2.05) is 23.6 Å². The average molecular weight is 397 g/mol. The SMILES string of the molecule is Cc1noc(C)c1CN1CC2(CCN(C(=O)[C@@H]3CCCN3)CC2)CC1=O.Cl. The molecule has 0 aliphatic carbocycles. The molecule has 4 heterocycles. The van der Waals surface area contributed by atoms with E-state index in [-0.39, 0.29) is 35.7 Å². The van der Waals surface area contributed by atoms with Crippen molar-refractivity contribution in [1.82, 2.24) is 20.3 Å². The molecule has 2 amide bonds. The number of aromatic nitrogens is 1. The van der Waals surface area contributed by atoms with Crippen LogP contribution >= 0.6 is 12.4 Å². The predicted octanol–water partition coefficient (Wildman–Crippen LogP) is 1.81. The molecular weight excluding hydrogens is 368 g/mol. The number of likely N-dealkylation sites (tertiary alicyclic amines) is 2. The Hall–Kier alpha value is -1.60. The van der Waals surface area contributed by atoms with Gasteiger partial charge in [-0.2, -0.15) is 0 Å². The zero-order valence-corrected chi connectivity index (χ0v) is 16.9. The molecule has 1 aromatic rings. The second kappa shape index (κ2) is 7.80. The third kappa shape index (κ3) is 3.85. The van der Waals surface area contributed by atoms with Crippen molar-refractivity contribution in [2.45, 2.75) is 58.5 Å². The standard InChI is InChI=1S/C19H28N4O3.ClH/c1-13-15(14(2)26-21-13)11-23-12-19(10-17(23)24)5-8-22(9-6-19)18(25)16-4-3-7-20-16;/h16,20H,3-12H2,1-2H3;1H/t16-;/m0./s1. The summed E-state index contributed by atoms with van der Waals surface area (Å²) in [4.78, 5) is 29.1. The van der Waals surface area contributed by atoms with Gasteiger partial charge in [0.25, 0.3) is 0 Å². The third-order valence-corrected chi connectivity index (χ3v) is 6.43. The number of carbonyl (C=O) groups excluding carboxylic acids is 2. The molecule has 3 aliphatic rings. The molecule has 3 fully saturated rings. The van der Waals surface area contributed by atoms with E-state index in [4.69, 9.17) is 4.52 Å². The number of carbonyl (C=O) groups is 2. The fourth-order valence-corrected chi connectivity index (χ4v) is 4.70. The molecule has 8 heteroatoms. The summed E-state index contributed by atoms with van der Waals surface area (Å²) in [5.41, 5.74) is 1.91. The molecule has 27 heavy (non-hydrogen) atoms. The van der Waals surface area contributed by atoms with E-state index in [1.54, 1.807) is 0 Å². The first-order valence-corrected chi connectivity index (χ1v) is 9.69. The Bertz CT molecular complexity index is 686. The molecular formula is C19H29ClN4O3. The zero-order chi connectivity index (χ0) is 18.3. The minimum absolute atomic E-state index is 0. The van der Waals surface area contributed by atoms with Crippen LogP contribution in [-0.2, 0) is 16.1 Å². The van der Waals surface area contributed by atoms with Gasteiger partial charge < -0.3 is 19.6 Å². The largest absolute Gasteiger partial charge is 0.361 e. The number of hydrogen-bond acceptors (Lipinski definition) is 5. The van der Waals surface area contributed by atoms with E-state index in [2.05, 4.69) is 10.5 Å². The lowest BCUT2D eigenvalue weighted by Gasteiger charge is -2.39. The monoisotopic (exact) mass is 396 g/mol. The molecule has 7 nitrogen and oxygen atoms in total. The summed E-state index contributed by atoms with van der Waals surface area (Å²) < 4.78 is 5.23. The van der Waals surface area contributed by atoms with Crippen LogP contribution in [0.4, 0.5) is 0 Å². The van der Waals surface area contributed by atoms with Crippen LogP contribution < -0.4 is 5.32 Å². The topological polar surface area (TPSA) is 78.7 Å². The van der Waals surface area contributed by atoms with Crippen molar-refractivity contribution < 1.29 is 14.1 Å². The van der Waals surface area contributed by atoms with Crippen molar-refractivity contribution >= 4 is 24.2 Å². The van der Waals surface area contributed by atoms with Gasteiger partial charge in [-0.3, -0.25) is 9.59 Å². The van der Waals surface area contributed by atoms with Crippen molar-refractivity contribution in [2.24, 2.45) is 5.41 Å². The van der Waals surface area contributed by atoms with Crippen LogP contribution in [0.25, 0.3) is 0 Å². The fraction of sp³-hybridized carbons (Fsp3) is 0.737. The minimum atomic E-state index is 0. The summed E-state index contributed by atoms with van der Waals surface area (Å²) in [6, 6.07) is 0.00491. The minimum Gasteiger partial charge on any atom is -0.361 e. The van der Waals surface area contributed by atoms with Gasteiger partial charge >= 0.3 is 0 Å². The maximum atomic E-state index is 12.6. The van der Waals surface area contributed by atoms with Gasteiger partial charge in [-0.05, 0) is 46.1 Å². The van der Waals surface area contributed by atoms with E-state index in [0.717, 1.165) is 68.9 Å². The fourth-order valence-electron chi connectivity index (χ4n) is 4.70. The second-order valence-electron chi connectivity index (χ2n) is 8.20. The molecule has 1 aromatic heterocycles. The first kappa shape index (κ1) is 20.1. The summed E-state index contributed by atoms with van der Waals surface area (Å²) in [5.74, 6) is 1.25. The molecule has 150 valence electrons. The number of nitrogens with one attached hydrogen (secondary N) is 1. The molecule has 1 N–H and O–H groups in total. The lowest BCUT2D eigenvalue weighted by molar-refractivity contribution is -0.135. The first-order chi connectivity index (χ1) is 12.5. The molecule has 0 saturated carbocycles. The van der Waals surface area contributed by atoms with Gasteiger partial charge in [0.2, 0.25) is 11.8 Å². The van der Waals surface area contributed by atoms with Crippen LogP contribution in [0.2, 0.25) is 0 Å². The number of rotatable bonds is 3. The van der Waals surface area contributed by atoms with Crippen LogP contribution in [0.3, 0.4) is 0 Å². The Morgan fingerprint density at radius 1 is 1.33 bits per heavy atom. The molecule has 0 radical (unpaired) electrons. The van der Waals surface area contributed by atoms with Crippen molar-refractivity contribution in [3.8, 4) is 0 Å². The van der Waals surface area contributed by atoms with Crippen molar-refractivity contribution in [3.63, 3.8) is 0 Å². The molecule has 3 aliphatic heterocycles. The van der Waals surface area contributed by atoms with Crippen LogP contribution in [-0.4, -0.2) is 59.0 Å². The highest BCUT2D eigenvalue weighted by Gasteiger charge is 2.46. The summed E-state index contributed by atoms with van der Waals surface area (Å²) in [6.45, 7) is 7.65. The second-order valence-corrected chi connectivity index (χ2v) is 8.20. The Kier molecular flexibility index (Phi) is 5.82. The summed E-state index contributed by atoms with van der Waals surface area (Å²) in [5, 5.41) is 7.29. The number of halogens is 1. The van der Waals surface area contributed by atoms with Crippen molar-refractivity contribution in [1.29, 1.82) is 0 Å². The van der Waals surface area contributed by atoms with Crippen LogP contribution in [0.5, 0.6) is 0 Å². The highest BCUT2D eigenvalue weighted by molar-refractivity contribution is 5.85. The van der Waals surface area contributed by atoms with E-state index >= 15 is 0 Å². The predicted molar refractivity (Wildman–Crippen MR) is 103 cm³/mol. The quantitative estimate of drug-likeness (QED) is 0.842. The van der Waals surface area contributed by atoms with E-state index < -0.39 is 0 Å². The third-order valence-electron chi connectivity index (χ3n) is 6.43. The molecule has 1 spiro atoms. The van der Waals surface area contributed by atoms with Gasteiger partial charge in [0.15, 0.2) is 0 Å². The van der Waals surface area contributed by atoms with Crippen molar-refractivity contribution in [2.75, 3.05) is 26.2 Å². The molecule has 1 atom stereocenters. The molecule has 0 unspecified atom stereocenters. The van der Waals surface area contributed by atoms with Crippen LogP contribution in [0.1, 0.15) is 49.1 Å². The Morgan fingerprint density at radius 2 is 2.07 bits per heavy atom. The highest BCUT2D eigenvalue weighted by Crippen LogP contribution is 2.42. The van der Waals surface area contributed by atoms with Gasteiger partial charge in [0.05, 0.1) is 18.3 Å². The van der Waals surface area contributed by atoms with E-state index in [1.165, 1.54) is 0 Å². The lowest BCUT2D eigenvalue weighted by atomic mass is 9.77. The molecule has 0 bridgehead atoms. The van der Waals surface area contributed by atoms with Crippen LogP contribution in [0, 0.1) is 19.3 Å². The Balaban J connectivity index is 0.00000210. The number of piperidine rings is 1. The maximum Gasteiger partial charge on any atom is 0.239 e. The summed E-state index contributed by atoms with van der Waals surface area (Å²) >= 11 is 0. The molecule has 0 aromatic carbocycles. The first-order valence-electron chi connectivity index (χ1n) is 9.69. The number of hydrogen-bond donors (Lipinski definition) is 1. The molecule has 4 rings (SSSR count). The normalized spacial score (nSPS) is 24.5. The van der Waals surface area contributed by atoms with Gasteiger partial charge in [0.1, 0.15) is 5.76 Å². The van der Waals surface area contributed by atoms with E-state index in [9.17, 15) is 9.59 Å². The Labute approximate surface area is 166 Å². The van der Waals surface area contributed by atoms with Gasteiger partial charge in [-0.15, -0.1) is 12.4 Å². The maximum absolute atomic E-state index is 12.6. The zero-order valence-electron chi connectivity index (χ0n) is 16.1. The summed E-state index contributed by atoms with van der Waals surface area (Å²) in [6.07, 6.45) is 4.45. The average Bonchev–Trinajstić information content (AvgIpc) is 3.33. The van der Waals surface area contributed by atoms with Crippen LogP contribution in [0.15, 0.2) is 4.52 Å². The van der Waals surface area contributed by atoms with Gasteiger partial charge in [-0.25, -0.2) is 0 Å². The van der Waals surface area contributed by atoms with E-state index in [0.29, 0.717) is 13.0 Å². The molecule has 3 saturated heterocycles. The summed E-state index contributed by atoms with van der Waals surface area (Å²) in [7, 11) is 0.